The van der Waals surface area contributed by atoms with Gasteiger partial charge in [-0.1, -0.05) is 121 Å². The summed E-state index contributed by atoms with van der Waals surface area (Å²) >= 11 is 0. The van der Waals surface area contributed by atoms with Gasteiger partial charge in [-0.2, -0.15) is 0 Å². The smallest absolute Gasteiger partial charge is 0.526 e. The van der Waals surface area contributed by atoms with E-state index in [1.807, 2.05) is 12.1 Å². The molecule has 218 valence electrons. The predicted octanol–water partition coefficient (Wildman–Crippen LogP) is 8.90. The summed E-state index contributed by atoms with van der Waals surface area (Å²) in [4.78, 5) is 0. The lowest BCUT2D eigenvalue weighted by Gasteiger charge is -2.35. The number of allylic oxidation sites excluding steroid dienone is 14. The Bertz CT molecular complexity index is 2060. The van der Waals surface area contributed by atoms with Crippen molar-refractivity contribution < 1.29 is 18.6 Å². The van der Waals surface area contributed by atoms with Crippen molar-refractivity contribution >= 4 is 35.6 Å². The number of hydrogen-bond donors (Lipinski definition) is 0. The molecule has 0 fully saturated rings. The third-order valence-electron chi connectivity index (χ3n) is 10.0. The molecule has 0 bridgehead atoms. The molecule has 10 rings (SSSR count). The third kappa shape index (κ3) is 3.89. The van der Waals surface area contributed by atoms with Gasteiger partial charge in [0.15, 0.2) is 0 Å². The molecule has 0 saturated carbocycles. The Labute approximate surface area is 268 Å². The monoisotopic (exact) mass is 594 g/mol. The summed E-state index contributed by atoms with van der Waals surface area (Å²) in [5.74, 6) is 3.91. The summed E-state index contributed by atoms with van der Waals surface area (Å²) in [5.41, 5.74) is 4.38. The Morgan fingerprint density at radius 2 is 0.891 bits per heavy atom. The van der Waals surface area contributed by atoms with Gasteiger partial charge in [0.2, 0.25) is 0 Å². The van der Waals surface area contributed by atoms with Crippen LogP contribution in [0.1, 0.15) is 0 Å². The van der Waals surface area contributed by atoms with E-state index in [4.69, 9.17) is 18.6 Å². The maximum atomic E-state index is 6.88. The fourth-order valence-corrected chi connectivity index (χ4v) is 7.92. The number of rotatable bonds is 1. The van der Waals surface area contributed by atoms with Crippen LogP contribution < -0.4 is 9.31 Å². The fourth-order valence-electron chi connectivity index (χ4n) is 7.92. The summed E-state index contributed by atoms with van der Waals surface area (Å²) < 4.78 is 27.5. The summed E-state index contributed by atoms with van der Waals surface area (Å²) in [6, 6.07) is 25.2. The topological polar surface area (TPSA) is 36.9 Å². The van der Waals surface area contributed by atoms with Gasteiger partial charge < -0.3 is 18.6 Å². The van der Waals surface area contributed by atoms with Crippen LogP contribution in [0.3, 0.4) is 0 Å². The first-order valence-electron chi connectivity index (χ1n) is 16.1. The molecule has 0 aromatic heterocycles. The molecule has 0 saturated heterocycles. The molecular formula is C40H28B2O4. The SMILES string of the molecule is C1=CC2C=CC3=C(C4=C(C=CC5C=CC=CC45)OB(B4Oc5ccc6ccccc6c5-c5c(ccc6ccccc56)O4)O3)C2C=C1. The van der Waals surface area contributed by atoms with E-state index >= 15 is 0 Å². The molecule has 2 heterocycles. The van der Waals surface area contributed by atoms with Crippen molar-refractivity contribution in [3.8, 4) is 22.6 Å². The van der Waals surface area contributed by atoms with Crippen LogP contribution in [0.5, 0.6) is 11.5 Å². The molecule has 4 aliphatic carbocycles. The van der Waals surface area contributed by atoms with E-state index in [1.54, 1.807) is 0 Å². The van der Waals surface area contributed by atoms with Crippen LogP contribution in [-0.4, -0.2) is 14.0 Å². The zero-order chi connectivity index (χ0) is 30.2. The molecule has 4 aromatic rings. The highest BCUT2D eigenvalue weighted by atomic mass is 16.7. The van der Waals surface area contributed by atoms with Crippen LogP contribution >= 0.6 is 0 Å². The molecule has 4 atom stereocenters. The highest BCUT2D eigenvalue weighted by Gasteiger charge is 2.54. The lowest BCUT2D eigenvalue weighted by Crippen LogP contribution is -2.49. The average molecular weight is 594 g/mol. The number of fused-ring (bicyclic) bond motifs is 12. The van der Waals surface area contributed by atoms with Gasteiger partial charge in [-0.05, 0) is 45.8 Å². The highest BCUT2D eigenvalue weighted by Crippen LogP contribution is 2.50. The zero-order valence-corrected chi connectivity index (χ0v) is 25.0. The van der Waals surface area contributed by atoms with E-state index in [0.29, 0.717) is 0 Å². The summed E-state index contributed by atoms with van der Waals surface area (Å²) in [6.45, 7) is 0. The molecule has 0 N–H and O–H groups in total. The molecular weight excluding hydrogens is 566 g/mol. The number of hydrogen-bond acceptors (Lipinski definition) is 4. The largest absolute Gasteiger partial charge is 0.658 e. The molecule has 4 aromatic carbocycles. The second-order valence-electron chi connectivity index (χ2n) is 12.5. The zero-order valence-electron chi connectivity index (χ0n) is 25.0. The predicted molar refractivity (Wildman–Crippen MR) is 185 cm³/mol. The second kappa shape index (κ2) is 10.1. The molecule has 4 unspecified atom stereocenters. The van der Waals surface area contributed by atoms with Gasteiger partial charge in [-0.25, -0.2) is 0 Å². The normalized spacial score (nSPS) is 24.9. The average Bonchev–Trinajstić information content (AvgIpc) is 3.40. The first kappa shape index (κ1) is 25.9. The minimum absolute atomic E-state index is 0.152. The minimum atomic E-state index is -0.885. The van der Waals surface area contributed by atoms with Gasteiger partial charge in [0.1, 0.15) is 23.0 Å². The highest BCUT2D eigenvalue weighted by molar-refractivity contribution is 7.11. The third-order valence-corrected chi connectivity index (χ3v) is 10.0. The van der Waals surface area contributed by atoms with Gasteiger partial charge >= 0.3 is 14.0 Å². The summed E-state index contributed by atoms with van der Waals surface area (Å²) in [5, 5.41) is 4.50. The Hall–Kier alpha value is -5.35. The van der Waals surface area contributed by atoms with Crippen molar-refractivity contribution in [2.75, 3.05) is 0 Å². The first-order chi connectivity index (χ1) is 22.8. The molecule has 2 aliphatic heterocycles. The van der Waals surface area contributed by atoms with Gasteiger partial charge in [0.25, 0.3) is 0 Å². The van der Waals surface area contributed by atoms with E-state index in [0.717, 1.165) is 55.7 Å². The summed E-state index contributed by atoms with van der Waals surface area (Å²) in [6.07, 6.45) is 26.3. The standard InChI is InChI=1S/C40H28B2O4/c1-5-13-29-25(9-1)17-21-33-37(29)38-30-14-6-2-10-26(30)18-22-34(38)44-41(43-33)42-45-35-23-19-27-11-3-7-15-31(27)39(35)40-32-16-8-4-12-28(32)20-24-36(40)46-42/h1-26,29-30H. The van der Waals surface area contributed by atoms with E-state index in [1.165, 1.54) is 11.1 Å². The minimum Gasteiger partial charge on any atom is -0.526 e. The van der Waals surface area contributed by atoms with Crippen LogP contribution in [-0.2, 0) is 9.31 Å². The lowest BCUT2D eigenvalue weighted by atomic mass is 9.48. The van der Waals surface area contributed by atoms with Crippen molar-refractivity contribution in [1.29, 1.82) is 0 Å². The van der Waals surface area contributed by atoms with Crippen LogP contribution in [0, 0.1) is 23.7 Å². The first-order valence-corrected chi connectivity index (χ1v) is 16.1. The van der Waals surface area contributed by atoms with E-state index in [9.17, 15) is 0 Å². The van der Waals surface area contributed by atoms with E-state index < -0.39 is 14.0 Å². The van der Waals surface area contributed by atoms with Crippen molar-refractivity contribution in [3.63, 3.8) is 0 Å². The molecule has 6 aliphatic rings. The maximum Gasteiger partial charge on any atom is 0.658 e. The maximum absolute atomic E-state index is 6.88. The van der Waals surface area contributed by atoms with Crippen molar-refractivity contribution in [2.24, 2.45) is 23.7 Å². The van der Waals surface area contributed by atoms with Crippen LogP contribution in [0.2, 0.25) is 0 Å². The molecule has 0 amide bonds. The summed E-state index contributed by atoms with van der Waals surface area (Å²) in [7, 11) is -1.76. The van der Waals surface area contributed by atoms with Crippen molar-refractivity contribution in [1.82, 2.24) is 0 Å². The van der Waals surface area contributed by atoms with Gasteiger partial charge in [-0.15, -0.1) is 0 Å². The van der Waals surface area contributed by atoms with E-state index in [-0.39, 0.29) is 23.7 Å². The van der Waals surface area contributed by atoms with Crippen molar-refractivity contribution in [2.45, 2.75) is 0 Å². The number of benzene rings is 4. The van der Waals surface area contributed by atoms with E-state index in [2.05, 4.69) is 134 Å². The lowest BCUT2D eigenvalue weighted by molar-refractivity contribution is 0.308. The van der Waals surface area contributed by atoms with Crippen LogP contribution in [0.15, 0.2) is 168 Å². The fraction of sp³-hybridized carbons (Fsp3) is 0.100. The Morgan fingerprint density at radius 1 is 0.435 bits per heavy atom. The van der Waals surface area contributed by atoms with Crippen molar-refractivity contribution in [3.05, 3.63) is 168 Å². The van der Waals surface area contributed by atoms with Crippen LogP contribution in [0.25, 0.3) is 32.7 Å². The molecule has 4 nitrogen and oxygen atoms in total. The molecule has 6 heteroatoms. The second-order valence-corrected chi connectivity index (χ2v) is 12.5. The Morgan fingerprint density at radius 3 is 1.41 bits per heavy atom. The van der Waals surface area contributed by atoms with Crippen LogP contribution in [0.4, 0.5) is 0 Å². The molecule has 46 heavy (non-hydrogen) atoms. The van der Waals surface area contributed by atoms with Gasteiger partial charge in [0, 0.05) is 45.9 Å². The quantitative estimate of drug-likeness (QED) is 0.206. The molecule has 0 spiro atoms. The Kier molecular flexibility index (Phi) is 5.68. The van der Waals surface area contributed by atoms with Gasteiger partial charge in [-0.3, -0.25) is 0 Å². The Balaban J connectivity index is 1.15. The van der Waals surface area contributed by atoms with Gasteiger partial charge in [0.05, 0.1) is 0 Å². The molecule has 0 radical (unpaired) electrons.